The lowest BCUT2D eigenvalue weighted by atomic mass is 9.93. The normalized spacial score (nSPS) is 19.1. The summed E-state index contributed by atoms with van der Waals surface area (Å²) < 4.78 is 13.2. The van der Waals surface area contributed by atoms with Gasteiger partial charge in [0.05, 0.1) is 23.9 Å². The SMILES string of the molecule is CC(C)c1ccc(C2NC(=O)N(C)C3=C2C(=O)N(Cc2ccc(F)cc2)C3)cc1. The van der Waals surface area contributed by atoms with Crippen molar-refractivity contribution >= 4 is 11.9 Å². The number of nitrogens with zero attached hydrogens (tertiary/aromatic N) is 2. The smallest absolute Gasteiger partial charge is 0.322 e. The summed E-state index contributed by atoms with van der Waals surface area (Å²) in [5.74, 6) is -0.00214. The Morgan fingerprint density at radius 3 is 2.34 bits per heavy atom. The highest BCUT2D eigenvalue weighted by Crippen LogP contribution is 2.36. The molecule has 150 valence electrons. The Morgan fingerprint density at radius 2 is 1.72 bits per heavy atom. The van der Waals surface area contributed by atoms with Crippen molar-refractivity contribution in [2.24, 2.45) is 0 Å². The van der Waals surface area contributed by atoms with E-state index in [0.29, 0.717) is 24.6 Å². The van der Waals surface area contributed by atoms with Crippen LogP contribution in [0.3, 0.4) is 0 Å². The highest BCUT2D eigenvalue weighted by atomic mass is 19.1. The number of nitrogens with one attached hydrogen (secondary N) is 1. The third-order valence-corrected chi connectivity index (χ3v) is 5.66. The summed E-state index contributed by atoms with van der Waals surface area (Å²) in [4.78, 5) is 29.0. The molecule has 0 saturated heterocycles. The van der Waals surface area contributed by atoms with Crippen molar-refractivity contribution in [1.82, 2.24) is 15.1 Å². The molecule has 2 aliphatic rings. The summed E-state index contributed by atoms with van der Waals surface area (Å²) in [6.45, 7) is 4.98. The number of carbonyl (C=O) groups is 2. The van der Waals surface area contributed by atoms with Gasteiger partial charge in [-0.2, -0.15) is 0 Å². The van der Waals surface area contributed by atoms with Gasteiger partial charge in [-0.25, -0.2) is 9.18 Å². The van der Waals surface area contributed by atoms with E-state index in [4.69, 9.17) is 0 Å². The predicted octanol–water partition coefficient (Wildman–Crippen LogP) is 3.94. The molecule has 6 heteroatoms. The van der Waals surface area contributed by atoms with Crippen molar-refractivity contribution < 1.29 is 14.0 Å². The van der Waals surface area contributed by atoms with Crippen molar-refractivity contribution in [3.8, 4) is 0 Å². The maximum absolute atomic E-state index is 13.2. The number of carbonyl (C=O) groups excluding carboxylic acids is 2. The Labute approximate surface area is 169 Å². The number of amides is 3. The first-order chi connectivity index (χ1) is 13.8. The van der Waals surface area contributed by atoms with Crippen LogP contribution in [0.25, 0.3) is 0 Å². The molecule has 0 radical (unpaired) electrons. The summed E-state index contributed by atoms with van der Waals surface area (Å²) in [7, 11) is 1.68. The van der Waals surface area contributed by atoms with Crippen LogP contribution in [-0.2, 0) is 11.3 Å². The lowest BCUT2D eigenvalue weighted by Crippen LogP contribution is -2.45. The molecule has 29 heavy (non-hydrogen) atoms. The van der Waals surface area contributed by atoms with Crippen LogP contribution in [0.15, 0.2) is 59.8 Å². The molecule has 0 saturated carbocycles. The van der Waals surface area contributed by atoms with Crippen LogP contribution in [0.1, 0.15) is 42.5 Å². The Balaban J connectivity index is 1.64. The fraction of sp³-hybridized carbons (Fsp3) is 0.304. The average molecular weight is 393 g/mol. The Bertz CT molecular complexity index is 980. The first-order valence-electron chi connectivity index (χ1n) is 9.76. The van der Waals surface area contributed by atoms with Gasteiger partial charge in [0.1, 0.15) is 5.82 Å². The van der Waals surface area contributed by atoms with E-state index in [-0.39, 0.29) is 17.8 Å². The van der Waals surface area contributed by atoms with Gasteiger partial charge in [0, 0.05) is 13.6 Å². The zero-order valence-corrected chi connectivity index (χ0v) is 16.8. The van der Waals surface area contributed by atoms with Gasteiger partial charge >= 0.3 is 6.03 Å². The number of halogens is 1. The molecule has 0 aliphatic carbocycles. The highest BCUT2D eigenvalue weighted by molar-refractivity contribution is 6.01. The van der Waals surface area contributed by atoms with Gasteiger partial charge < -0.3 is 10.2 Å². The van der Waals surface area contributed by atoms with Gasteiger partial charge in [0.2, 0.25) is 0 Å². The fourth-order valence-corrected chi connectivity index (χ4v) is 3.88. The van der Waals surface area contributed by atoms with E-state index >= 15 is 0 Å². The third kappa shape index (κ3) is 3.50. The standard InChI is InChI=1S/C23H24FN3O2/c1-14(2)16-6-8-17(9-7-16)21-20-19(26(3)23(29)25-21)13-27(22(20)28)12-15-4-10-18(24)11-5-15/h4-11,14,21H,12-13H2,1-3H3,(H,25,29). The minimum Gasteiger partial charge on any atom is -0.329 e. The second-order valence-corrected chi connectivity index (χ2v) is 7.91. The number of hydrogen-bond donors (Lipinski definition) is 1. The van der Waals surface area contributed by atoms with Gasteiger partial charge in [-0.15, -0.1) is 0 Å². The summed E-state index contributed by atoms with van der Waals surface area (Å²) in [5, 5.41) is 2.96. The summed E-state index contributed by atoms with van der Waals surface area (Å²) in [6, 6.07) is 13.5. The van der Waals surface area contributed by atoms with E-state index in [1.807, 2.05) is 24.3 Å². The quantitative estimate of drug-likeness (QED) is 0.855. The molecular weight excluding hydrogens is 369 g/mol. The number of rotatable bonds is 4. The molecule has 1 N–H and O–H groups in total. The molecule has 0 aromatic heterocycles. The largest absolute Gasteiger partial charge is 0.329 e. The average Bonchev–Trinajstić information content (AvgIpc) is 3.03. The summed E-state index contributed by atoms with van der Waals surface area (Å²) in [6.07, 6.45) is 0. The molecule has 0 bridgehead atoms. The lowest BCUT2D eigenvalue weighted by Gasteiger charge is -2.31. The van der Waals surface area contributed by atoms with Crippen molar-refractivity contribution in [3.63, 3.8) is 0 Å². The molecule has 1 atom stereocenters. The van der Waals surface area contributed by atoms with Crippen LogP contribution >= 0.6 is 0 Å². The van der Waals surface area contributed by atoms with Gasteiger partial charge in [-0.1, -0.05) is 50.2 Å². The molecule has 3 amide bonds. The Hall–Kier alpha value is -3.15. The molecular formula is C23H24FN3O2. The van der Waals surface area contributed by atoms with Gasteiger partial charge in [0.25, 0.3) is 5.91 Å². The maximum atomic E-state index is 13.2. The minimum atomic E-state index is -0.472. The van der Waals surface area contributed by atoms with Crippen LogP contribution in [0.4, 0.5) is 9.18 Å². The summed E-state index contributed by atoms with van der Waals surface area (Å²) in [5.41, 5.74) is 4.27. The number of urea groups is 1. The van der Waals surface area contributed by atoms with E-state index in [0.717, 1.165) is 16.8 Å². The second-order valence-electron chi connectivity index (χ2n) is 7.91. The van der Waals surface area contributed by atoms with Crippen molar-refractivity contribution in [3.05, 3.63) is 82.3 Å². The fourth-order valence-electron chi connectivity index (χ4n) is 3.88. The van der Waals surface area contributed by atoms with Crippen molar-refractivity contribution in [2.75, 3.05) is 13.6 Å². The second kappa shape index (κ2) is 7.35. The molecule has 5 nitrogen and oxygen atoms in total. The molecule has 0 fully saturated rings. The van der Waals surface area contributed by atoms with Crippen LogP contribution in [0.5, 0.6) is 0 Å². The summed E-state index contributed by atoms with van der Waals surface area (Å²) >= 11 is 0. The van der Waals surface area contributed by atoms with Crippen LogP contribution in [-0.4, -0.2) is 35.3 Å². The molecule has 2 aromatic carbocycles. The van der Waals surface area contributed by atoms with Crippen LogP contribution in [0, 0.1) is 5.82 Å². The third-order valence-electron chi connectivity index (χ3n) is 5.66. The zero-order valence-electron chi connectivity index (χ0n) is 16.8. The van der Waals surface area contributed by atoms with Crippen LogP contribution < -0.4 is 5.32 Å². The topological polar surface area (TPSA) is 52.7 Å². The van der Waals surface area contributed by atoms with E-state index in [1.165, 1.54) is 22.6 Å². The molecule has 1 unspecified atom stereocenters. The monoisotopic (exact) mass is 393 g/mol. The Morgan fingerprint density at radius 1 is 1.07 bits per heavy atom. The first kappa shape index (κ1) is 19.2. The number of benzene rings is 2. The lowest BCUT2D eigenvalue weighted by molar-refractivity contribution is -0.126. The molecule has 2 heterocycles. The predicted molar refractivity (Wildman–Crippen MR) is 108 cm³/mol. The van der Waals surface area contributed by atoms with Gasteiger partial charge in [0.15, 0.2) is 0 Å². The van der Waals surface area contributed by atoms with Crippen molar-refractivity contribution in [2.45, 2.75) is 32.4 Å². The maximum Gasteiger partial charge on any atom is 0.322 e. The molecule has 0 spiro atoms. The Kier molecular flexibility index (Phi) is 4.86. The molecule has 2 aliphatic heterocycles. The van der Waals surface area contributed by atoms with Crippen LogP contribution in [0.2, 0.25) is 0 Å². The van der Waals surface area contributed by atoms with Gasteiger partial charge in [-0.05, 0) is 34.7 Å². The molecule has 4 rings (SSSR count). The number of likely N-dealkylation sites (N-methyl/N-ethyl adjacent to an activating group) is 1. The van der Waals surface area contributed by atoms with E-state index in [1.54, 1.807) is 24.1 Å². The van der Waals surface area contributed by atoms with Gasteiger partial charge in [-0.3, -0.25) is 9.69 Å². The van der Waals surface area contributed by atoms with E-state index in [2.05, 4.69) is 19.2 Å². The van der Waals surface area contributed by atoms with E-state index in [9.17, 15) is 14.0 Å². The number of hydrogen-bond acceptors (Lipinski definition) is 2. The van der Waals surface area contributed by atoms with E-state index < -0.39 is 6.04 Å². The minimum absolute atomic E-state index is 0.103. The highest BCUT2D eigenvalue weighted by Gasteiger charge is 2.42. The zero-order chi connectivity index (χ0) is 20.7. The van der Waals surface area contributed by atoms with Crippen molar-refractivity contribution in [1.29, 1.82) is 0 Å². The molecule has 2 aromatic rings. The first-order valence-corrected chi connectivity index (χ1v) is 9.76.